The zero-order chi connectivity index (χ0) is 14.0. The SMILES string of the molecule is C=CC(C#N)(c1ccc(C(F)(F)F)cc1)C(C)C. The number of allylic oxidation sites excluding steroid dienone is 1. The third-order valence-corrected chi connectivity index (χ3v) is 3.11. The summed E-state index contributed by atoms with van der Waals surface area (Å²) >= 11 is 0. The summed E-state index contributed by atoms with van der Waals surface area (Å²) in [5, 5.41) is 9.29. The molecule has 0 bridgehead atoms. The summed E-state index contributed by atoms with van der Waals surface area (Å²) in [7, 11) is 0. The molecule has 0 radical (unpaired) electrons. The molecule has 0 aliphatic heterocycles. The van der Waals surface area contributed by atoms with Crippen molar-refractivity contribution in [2.45, 2.75) is 25.4 Å². The molecule has 4 heteroatoms. The summed E-state index contributed by atoms with van der Waals surface area (Å²) in [5.41, 5.74) is -1.14. The minimum Gasteiger partial charge on any atom is -0.197 e. The Morgan fingerprint density at radius 2 is 1.61 bits per heavy atom. The van der Waals surface area contributed by atoms with Gasteiger partial charge in [-0.3, -0.25) is 0 Å². The van der Waals surface area contributed by atoms with Crippen molar-refractivity contribution in [3.05, 3.63) is 48.0 Å². The Kier molecular flexibility index (Phi) is 3.85. The molecule has 1 aromatic rings. The molecule has 18 heavy (non-hydrogen) atoms. The molecule has 0 saturated carbocycles. The molecule has 1 nitrogen and oxygen atoms in total. The van der Waals surface area contributed by atoms with E-state index in [2.05, 4.69) is 12.6 Å². The van der Waals surface area contributed by atoms with Gasteiger partial charge in [-0.15, -0.1) is 6.58 Å². The number of hydrogen-bond acceptors (Lipinski definition) is 1. The molecule has 0 saturated heterocycles. The molecule has 0 fully saturated rings. The first-order valence-corrected chi connectivity index (χ1v) is 5.50. The van der Waals surface area contributed by atoms with E-state index in [1.165, 1.54) is 18.2 Å². The molecule has 0 heterocycles. The maximum Gasteiger partial charge on any atom is 0.416 e. The van der Waals surface area contributed by atoms with Gasteiger partial charge in [0.2, 0.25) is 0 Å². The average Bonchev–Trinajstić information content (AvgIpc) is 2.30. The molecule has 1 atom stereocenters. The number of rotatable bonds is 3. The number of benzene rings is 1. The lowest BCUT2D eigenvalue weighted by molar-refractivity contribution is -0.137. The van der Waals surface area contributed by atoms with Crippen LogP contribution >= 0.6 is 0 Å². The van der Waals surface area contributed by atoms with Crippen molar-refractivity contribution in [1.82, 2.24) is 0 Å². The molecule has 1 aromatic carbocycles. The summed E-state index contributed by atoms with van der Waals surface area (Å²) in [4.78, 5) is 0. The Morgan fingerprint density at radius 1 is 1.17 bits per heavy atom. The predicted octanol–water partition coefficient (Wildman–Crippen LogP) is 4.31. The Balaban J connectivity index is 3.27. The van der Waals surface area contributed by atoms with Gasteiger partial charge in [0.1, 0.15) is 5.41 Å². The molecule has 0 amide bonds. The predicted molar refractivity (Wildman–Crippen MR) is 63.8 cm³/mol. The van der Waals surface area contributed by atoms with Crippen molar-refractivity contribution in [3.8, 4) is 6.07 Å². The summed E-state index contributed by atoms with van der Waals surface area (Å²) < 4.78 is 37.4. The number of nitriles is 1. The Hall–Kier alpha value is -1.76. The van der Waals surface area contributed by atoms with Gasteiger partial charge in [-0.2, -0.15) is 18.4 Å². The number of hydrogen-bond donors (Lipinski definition) is 0. The normalized spacial score (nSPS) is 14.9. The monoisotopic (exact) mass is 253 g/mol. The summed E-state index contributed by atoms with van der Waals surface area (Å²) in [5.74, 6) is -0.0725. The summed E-state index contributed by atoms with van der Waals surface area (Å²) in [6, 6.07) is 6.81. The molecule has 96 valence electrons. The van der Waals surface area contributed by atoms with Gasteiger partial charge in [0.15, 0.2) is 0 Å². The number of alkyl halides is 3. The molecule has 0 spiro atoms. The molecular formula is C14H14F3N. The van der Waals surface area contributed by atoms with Gasteiger partial charge in [-0.25, -0.2) is 0 Å². The minimum absolute atomic E-state index is 0.0725. The summed E-state index contributed by atoms with van der Waals surface area (Å²) in [6.07, 6.45) is -2.87. The van der Waals surface area contributed by atoms with Crippen molar-refractivity contribution in [1.29, 1.82) is 5.26 Å². The van der Waals surface area contributed by atoms with E-state index < -0.39 is 17.2 Å². The molecule has 0 aromatic heterocycles. The zero-order valence-corrected chi connectivity index (χ0v) is 10.3. The second-order valence-electron chi connectivity index (χ2n) is 4.41. The van der Waals surface area contributed by atoms with E-state index >= 15 is 0 Å². The lowest BCUT2D eigenvalue weighted by Crippen LogP contribution is -2.28. The highest BCUT2D eigenvalue weighted by Gasteiger charge is 2.35. The van der Waals surface area contributed by atoms with Crippen LogP contribution < -0.4 is 0 Å². The van der Waals surface area contributed by atoms with Crippen LogP contribution in [-0.2, 0) is 11.6 Å². The van der Waals surface area contributed by atoms with Gasteiger partial charge in [-0.05, 0) is 23.6 Å². The van der Waals surface area contributed by atoms with Crippen LogP contribution in [0.15, 0.2) is 36.9 Å². The van der Waals surface area contributed by atoms with Crippen molar-refractivity contribution < 1.29 is 13.2 Å². The lowest BCUT2D eigenvalue weighted by atomic mass is 9.73. The Bertz CT molecular complexity index is 465. The van der Waals surface area contributed by atoms with Crippen molar-refractivity contribution in [3.63, 3.8) is 0 Å². The van der Waals surface area contributed by atoms with E-state index in [-0.39, 0.29) is 5.92 Å². The van der Waals surface area contributed by atoms with Crippen LogP contribution in [0.1, 0.15) is 25.0 Å². The highest BCUT2D eigenvalue weighted by atomic mass is 19.4. The highest BCUT2D eigenvalue weighted by molar-refractivity contribution is 5.40. The van der Waals surface area contributed by atoms with E-state index in [4.69, 9.17) is 0 Å². The zero-order valence-electron chi connectivity index (χ0n) is 10.3. The molecule has 0 aliphatic rings. The first-order valence-electron chi connectivity index (χ1n) is 5.50. The average molecular weight is 253 g/mol. The molecule has 0 N–H and O–H groups in total. The fourth-order valence-corrected chi connectivity index (χ4v) is 1.86. The third kappa shape index (κ3) is 2.40. The van der Waals surface area contributed by atoms with E-state index in [0.717, 1.165) is 12.1 Å². The largest absolute Gasteiger partial charge is 0.416 e. The quantitative estimate of drug-likeness (QED) is 0.736. The molecule has 1 unspecified atom stereocenters. The second-order valence-corrected chi connectivity index (χ2v) is 4.41. The van der Waals surface area contributed by atoms with Crippen LogP contribution in [0.25, 0.3) is 0 Å². The molecular weight excluding hydrogens is 239 g/mol. The second kappa shape index (κ2) is 4.85. The van der Waals surface area contributed by atoms with Crippen LogP contribution in [0, 0.1) is 17.2 Å². The van der Waals surface area contributed by atoms with Gasteiger partial charge < -0.3 is 0 Å². The van der Waals surface area contributed by atoms with Crippen LogP contribution in [0.3, 0.4) is 0 Å². The van der Waals surface area contributed by atoms with E-state index in [1.807, 2.05) is 13.8 Å². The van der Waals surface area contributed by atoms with E-state index in [9.17, 15) is 18.4 Å². The fraction of sp³-hybridized carbons (Fsp3) is 0.357. The Morgan fingerprint density at radius 3 is 1.89 bits per heavy atom. The highest BCUT2D eigenvalue weighted by Crippen LogP contribution is 2.35. The van der Waals surface area contributed by atoms with Gasteiger partial charge in [-0.1, -0.05) is 32.1 Å². The topological polar surface area (TPSA) is 23.8 Å². The van der Waals surface area contributed by atoms with Crippen molar-refractivity contribution in [2.24, 2.45) is 5.92 Å². The molecule has 1 rings (SSSR count). The smallest absolute Gasteiger partial charge is 0.197 e. The van der Waals surface area contributed by atoms with Gasteiger partial charge in [0.25, 0.3) is 0 Å². The van der Waals surface area contributed by atoms with Crippen molar-refractivity contribution >= 4 is 0 Å². The van der Waals surface area contributed by atoms with Crippen LogP contribution in [0.5, 0.6) is 0 Å². The minimum atomic E-state index is -4.36. The Labute approximate surface area is 105 Å². The van der Waals surface area contributed by atoms with E-state index in [0.29, 0.717) is 5.56 Å². The number of halogens is 3. The van der Waals surface area contributed by atoms with Gasteiger partial charge in [0.05, 0.1) is 11.6 Å². The maximum atomic E-state index is 12.5. The fourth-order valence-electron chi connectivity index (χ4n) is 1.86. The van der Waals surface area contributed by atoms with E-state index in [1.54, 1.807) is 0 Å². The standard InChI is InChI=1S/C14H14F3N/c1-4-13(9-18,10(2)3)11-5-7-12(8-6-11)14(15,16)17/h4-8,10H,1H2,2-3H3. The summed E-state index contributed by atoms with van der Waals surface area (Å²) in [6.45, 7) is 7.30. The van der Waals surface area contributed by atoms with Crippen LogP contribution in [-0.4, -0.2) is 0 Å². The third-order valence-electron chi connectivity index (χ3n) is 3.11. The van der Waals surface area contributed by atoms with Gasteiger partial charge in [0, 0.05) is 0 Å². The maximum absolute atomic E-state index is 12.5. The van der Waals surface area contributed by atoms with Gasteiger partial charge >= 0.3 is 6.18 Å². The van der Waals surface area contributed by atoms with Crippen LogP contribution in [0.4, 0.5) is 13.2 Å². The van der Waals surface area contributed by atoms with Crippen molar-refractivity contribution in [2.75, 3.05) is 0 Å². The first kappa shape index (κ1) is 14.3. The van der Waals surface area contributed by atoms with Crippen LogP contribution in [0.2, 0.25) is 0 Å². The lowest BCUT2D eigenvalue weighted by Gasteiger charge is -2.27. The number of nitrogens with zero attached hydrogens (tertiary/aromatic N) is 1. The molecule has 0 aliphatic carbocycles. The first-order chi connectivity index (χ1) is 8.28.